The van der Waals surface area contributed by atoms with E-state index >= 15 is 0 Å². The highest BCUT2D eigenvalue weighted by molar-refractivity contribution is 5.96. The molecule has 6 heteroatoms. The van der Waals surface area contributed by atoms with E-state index in [0.29, 0.717) is 5.95 Å². The molecule has 2 aliphatic rings. The van der Waals surface area contributed by atoms with Crippen molar-refractivity contribution in [3.63, 3.8) is 0 Å². The van der Waals surface area contributed by atoms with Gasteiger partial charge >= 0.3 is 0 Å². The fourth-order valence-corrected chi connectivity index (χ4v) is 4.50. The fourth-order valence-electron chi connectivity index (χ4n) is 4.50. The number of carbonyl (C=O) groups is 1. The molecule has 1 saturated heterocycles. The normalized spacial score (nSPS) is 22.4. The van der Waals surface area contributed by atoms with Crippen molar-refractivity contribution in [3.05, 3.63) is 40.5 Å². The van der Waals surface area contributed by atoms with E-state index in [-0.39, 0.29) is 11.3 Å². The van der Waals surface area contributed by atoms with Crippen molar-refractivity contribution < 1.29 is 4.79 Å². The van der Waals surface area contributed by atoms with Crippen LogP contribution in [0.3, 0.4) is 0 Å². The van der Waals surface area contributed by atoms with Gasteiger partial charge in [0.05, 0.1) is 11.3 Å². The minimum Gasteiger partial charge on any atom is -0.368 e. The van der Waals surface area contributed by atoms with Crippen molar-refractivity contribution in [1.29, 1.82) is 0 Å². The third kappa shape index (κ3) is 2.42. The van der Waals surface area contributed by atoms with Crippen LogP contribution >= 0.6 is 0 Å². The number of amides is 1. The third-order valence-electron chi connectivity index (χ3n) is 6.13. The molecule has 6 nitrogen and oxygen atoms in total. The number of piperidine rings is 1. The van der Waals surface area contributed by atoms with E-state index < -0.39 is 0 Å². The molecule has 132 valence electrons. The summed E-state index contributed by atoms with van der Waals surface area (Å²) in [6.45, 7) is 5.58. The molecule has 1 aliphatic carbocycles. The van der Waals surface area contributed by atoms with Crippen molar-refractivity contribution in [3.8, 4) is 0 Å². The molecule has 1 fully saturated rings. The van der Waals surface area contributed by atoms with Crippen LogP contribution in [0.1, 0.15) is 52.3 Å². The molecular weight excluding hydrogens is 314 g/mol. The molecule has 0 saturated carbocycles. The van der Waals surface area contributed by atoms with Crippen LogP contribution in [0.4, 0.5) is 5.95 Å². The number of fused-ring (bicyclic) bond motifs is 2. The summed E-state index contributed by atoms with van der Waals surface area (Å²) in [5, 5.41) is 0. The molecule has 3 heterocycles. The van der Waals surface area contributed by atoms with E-state index in [2.05, 4.69) is 14.5 Å². The predicted octanol–water partition coefficient (Wildman–Crippen LogP) is 2.13. The predicted molar refractivity (Wildman–Crippen MR) is 96.5 cm³/mol. The van der Waals surface area contributed by atoms with Crippen LogP contribution in [0, 0.1) is 13.8 Å². The van der Waals surface area contributed by atoms with Gasteiger partial charge in [-0.25, -0.2) is 9.97 Å². The number of aryl methyl sites for hydroxylation is 2. The molecular formula is C19H25N5O. The highest BCUT2D eigenvalue weighted by atomic mass is 16.2. The second-order valence-electron chi connectivity index (χ2n) is 7.56. The lowest BCUT2D eigenvalue weighted by Gasteiger charge is -2.40. The standard InChI is InChI=1S/C19H25N5O/c1-12-9-15(13(2)23(12)3)17(25)24-8-4-6-19(11-24)7-5-14-10-21-18(20)22-16(14)19/h9-10H,4-8,11H2,1-3H3,(H2,20,21,22). The Balaban J connectivity index is 1.65. The van der Waals surface area contributed by atoms with Gasteiger partial charge in [0.1, 0.15) is 0 Å². The first-order chi connectivity index (χ1) is 11.9. The molecule has 1 unspecified atom stereocenters. The Labute approximate surface area is 148 Å². The van der Waals surface area contributed by atoms with Crippen molar-refractivity contribution >= 4 is 11.9 Å². The molecule has 1 amide bonds. The average molecular weight is 339 g/mol. The summed E-state index contributed by atoms with van der Waals surface area (Å²) in [4.78, 5) is 23.9. The summed E-state index contributed by atoms with van der Waals surface area (Å²) < 4.78 is 2.08. The van der Waals surface area contributed by atoms with Crippen molar-refractivity contribution in [2.24, 2.45) is 7.05 Å². The molecule has 2 aromatic heterocycles. The number of nitrogens with two attached hydrogens (primary N) is 1. The lowest BCUT2D eigenvalue weighted by molar-refractivity contribution is 0.0632. The minimum atomic E-state index is -0.0575. The summed E-state index contributed by atoms with van der Waals surface area (Å²) in [5.41, 5.74) is 11.0. The first kappa shape index (κ1) is 16.1. The quantitative estimate of drug-likeness (QED) is 0.863. The molecule has 0 radical (unpaired) electrons. The maximum Gasteiger partial charge on any atom is 0.255 e. The van der Waals surface area contributed by atoms with Gasteiger partial charge in [-0.3, -0.25) is 4.79 Å². The number of carbonyl (C=O) groups excluding carboxylic acids is 1. The summed E-state index contributed by atoms with van der Waals surface area (Å²) in [5.74, 6) is 0.466. The van der Waals surface area contributed by atoms with Crippen LogP contribution in [0.5, 0.6) is 0 Å². The average Bonchev–Trinajstić information content (AvgIpc) is 3.07. The van der Waals surface area contributed by atoms with Gasteiger partial charge in [0.2, 0.25) is 5.95 Å². The van der Waals surface area contributed by atoms with Gasteiger partial charge in [-0.15, -0.1) is 0 Å². The van der Waals surface area contributed by atoms with Crippen molar-refractivity contribution in [1.82, 2.24) is 19.4 Å². The van der Waals surface area contributed by atoms with E-state index in [0.717, 1.165) is 61.4 Å². The SMILES string of the molecule is Cc1cc(C(=O)N2CCCC3(CCc4cnc(N)nc43)C2)c(C)n1C. The van der Waals surface area contributed by atoms with Crippen LogP contribution in [0.25, 0.3) is 0 Å². The Morgan fingerprint density at radius 1 is 1.32 bits per heavy atom. The van der Waals surface area contributed by atoms with Crippen LogP contribution < -0.4 is 5.73 Å². The van der Waals surface area contributed by atoms with E-state index in [4.69, 9.17) is 5.73 Å². The largest absolute Gasteiger partial charge is 0.368 e. The minimum absolute atomic E-state index is 0.0575. The number of rotatable bonds is 1. The first-order valence-electron chi connectivity index (χ1n) is 8.95. The molecule has 2 N–H and O–H groups in total. The summed E-state index contributed by atoms with van der Waals surface area (Å²) >= 11 is 0. The second kappa shape index (κ2) is 5.58. The van der Waals surface area contributed by atoms with Crippen LogP contribution in [0.2, 0.25) is 0 Å². The van der Waals surface area contributed by atoms with Gasteiger partial charge in [-0.05, 0) is 51.2 Å². The van der Waals surface area contributed by atoms with E-state index in [9.17, 15) is 4.79 Å². The Hall–Kier alpha value is -2.37. The zero-order valence-electron chi connectivity index (χ0n) is 15.2. The number of nitrogens with zero attached hydrogens (tertiary/aromatic N) is 4. The number of likely N-dealkylation sites (tertiary alicyclic amines) is 1. The molecule has 1 spiro atoms. The highest BCUT2D eigenvalue weighted by Crippen LogP contribution is 2.44. The van der Waals surface area contributed by atoms with E-state index in [1.165, 1.54) is 5.56 Å². The molecule has 2 aromatic rings. The topological polar surface area (TPSA) is 77.0 Å². The Morgan fingerprint density at radius 2 is 2.12 bits per heavy atom. The van der Waals surface area contributed by atoms with Gasteiger partial charge in [0.15, 0.2) is 0 Å². The van der Waals surface area contributed by atoms with Crippen LogP contribution in [0.15, 0.2) is 12.3 Å². The monoisotopic (exact) mass is 339 g/mol. The number of anilines is 1. The Morgan fingerprint density at radius 3 is 2.84 bits per heavy atom. The van der Waals surface area contributed by atoms with Gasteiger partial charge in [-0.1, -0.05) is 0 Å². The number of nitrogen functional groups attached to an aromatic ring is 1. The lowest BCUT2D eigenvalue weighted by atomic mass is 9.77. The van der Waals surface area contributed by atoms with Crippen molar-refractivity contribution in [2.45, 2.75) is 44.9 Å². The van der Waals surface area contributed by atoms with E-state index in [1.54, 1.807) is 0 Å². The second-order valence-corrected chi connectivity index (χ2v) is 7.56. The highest BCUT2D eigenvalue weighted by Gasteiger charge is 2.45. The summed E-state index contributed by atoms with van der Waals surface area (Å²) in [6, 6.07) is 2.00. The van der Waals surface area contributed by atoms with E-state index in [1.807, 2.05) is 38.1 Å². The molecule has 0 aromatic carbocycles. The van der Waals surface area contributed by atoms with Crippen LogP contribution in [-0.4, -0.2) is 38.4 Å². The molecule has 25 heavy (non-hydrogen) atoms. The maximum atomic E-state index is 13.2. The molecule has 0 bridgehead atoms. The summed E-state index contributed by atoms with van der Waals surface area (Å²) in [6.07, 6.45) is 5.92. The Bertz CT molecular complexity index is 852. The number of aromatic nitrogens is 3. The molecule has 1 atom stereocenters. The lowest BCUT2D eigenvalue weighted by Crippen LogP contribution is -2.48. The maximum absolute atomic E-state index is 13.2. The van der Waals surface area contributed by atoms with Gasteiger partial charge < -0.3 is 15.2 Å². The first-order valence-corrected chi connectivity index (χ1v) is 8.95. The van der Waals surface area contributed by atoms with Gasteiger partial charge in [0, 0.05) is 43.1 Å². The molecule has 4 rings (SSSR count). The smallest absolute Gasteiger partial charge is 0.255 e. The zero-order chi connectivity index (χ0) is 17.8. The van der Waals surface area contributed by atoms with Crippen molar-refractivity contribution in [2.75, 3.05) is 18.8 Å². The summed E-state index contributed by atoms with van der Waals surface area (Å²) in [7, 11) is 2.01. The van der Waals surface area contributed by atoms with Gasteiger partial charge in [0.25, 0.3) is 5.91 Å². The van der Waals surface area contributed by atoms with Crippen LogP contribution in [-0.2, 0) is 18.9 Å². The number of hydrogen-bond donors (Lipinski definition) is 1. The Kier molecular flexibility index (Phi) is 3.60. The third-order valence-corrected chi connectivity index (χ3v) is 6.13. The zero-order valence-corrected chi connectivity index (χ0v) is 15.2. The molecule has 1 aliphatic heterocycles. The fraction of sp³-hybridized carbons (Fsp3) is 0.526. The van der Waals surface area contributed by atoms with Gasteiger partial charge in [-0.2, -0.15) is 0 Å². The number of hydrogen-bond acceptors (Lipinski definition) is 4.